The number of nitrogens with one attached hydrogen (secondary N) is 1. The topological polar surface area (TPSA) is 95.9 Å². The summed E-state index contributed by atoms with van der Waals surface area (Å²) in [5.74, 6) is -0.0371. The smallest absolute Gasteiger partial charge is 0.305 e. The highest BCUT2D eigenvalue weighted by atomic mass is 16.5. The third-order valence-electron chi connectivity index (χ3n) is 12.6. The molecule has 0 aromatic heterocycles. The third-order valence-corrected chi connectivity index (χ3v) is 12.6. The second-order valence-electron chi connectivity index (χ2n) is 18.6. The fraction of sp³-hybridized carbons (Fsp3) is 0.926. The number of rotatable bonds is 50. The zero-order valence-corrected chi connectivity index (χ0v) is 40.5. The molecule has 1 amide bonds. The van der Waals surface area contributed by atoms with Gasteiger partial charge in [-0.25, -0.2) is 0 Å². The Balaban J connectivity index is 3.38. The molecule has 2 unspecified atom stereocenters. The molecule has 0 radical (unpaired) electrons. The number of carbonyl (C=O) groups excluding carboxylic acids is 2. The standard InChI is InChI=1S/C54H105NO5/c1-3-5-7-9-11-13-15-27-30-34-38-42-46-52(57)51(50-56)55-53(58)47-43-39-35-31-28-24-22-20-18-16-17-19-21-23-25-29-33-37-41-45-49-60-54(59)48-44-40-36-32-26-14-12-10-8-6-4-2/h10,12,51-52,56-57H,3-9,11,13-50H2,1-2H3,(H,55,58)/b12-10-. The first-order valence-electron chi connectivity index (χ1n) is 26.9. The monoisotopic (exact) mass is 848 g/mol. The Morgan fingerprint density at radius 1 is 0.450 bits per heavy atom. The molecule has 0 fully saturated rings. The van der Waals surface area contributed by atoms with E-state index in [2.05, 4.69) is 31.3 Å². The Morgan fingerprint density at radius 2 is 0.800 bits per heavy atom. The summed E-state index contributed by atoms with van der Waals surface area (Å²) in [7, 11) is 0. The van der Waals surface area contributed by atoms with Gasteiger partial charge in [0.15, 0.2) is 0 Å². The van der Waals surface area contributed by atoms with Crippen LogP contribution in [-0.4, -0.2) is 47.4 Å². The van der Waals surface area contributed by atoms with E-state index in [0.717, 1.165) is 44.9 Å². The number of esters is 1. The van der Waals surface area contributed by atoms with Gasteiger partial charge in [-0.2, -0.15) is 0 Å². The van der Waals surface area contributed by atoms with Crippen LogP contribution < -0.4 is 5.32 Å². The predicted molar refractivity (Wildman–Crippen MR) is 260 cm³/mol. The van der Waals surface area contributed by atoms with E-state index in [-0.39, 0.29) is 18.5 Å². The van der Waals surface area contributed by atoms with Crippen LogP contribution in [0, 0.1) is 0 Å². The van der Waals surface area contributed by atoms with Crippen LogP contribution in [0.1, 0.15) is 296 Å². The van der Waals surface area contributed by atoms with E-state index in [9.17, 15) is 19.8 Å². The molecule has 0 aromatic carbocycles. The number of amides is 1. The minimum absolute atomic E-state index is 0.000394. The minimum Gasteiger partial charge on any atom is -0.466 e. The van der Waals surface area contributed by atoms with Gasteiger partial charge in [0.1, 0.15) is 0 Å². The molecule has 6 nitrogen and oxygen atoms in total. The van der Waals surface area contributed by atoms with Gasteiger partial charge in [0.2, 0.25) is 5.91 Å². The number of hydrogen-bond acceptors (Lipinski definition) is 5. The maximum absolute atomic E-state index is 12.4. The number of hydrogen-bond donors (Lipinski definition) is 3. The molecule has 0 aliphatic heterocycles. The van der Waals surface area contributed by atoms with Crippen molar-refractivity contribution in [3.63, 3.8) is 0 Å². The molecule has 356 valence electrons. The Labute approximate surface area is 374 Å². The Kier molecular flexibility index (Phi) is 49.1. The zero-order valence-electron chi connectivity index (χ0n) is 40.5. The highest BCUT2D eigenvalue weighted by molar-refractivity contribution is 5.76. The van der Waals surface area contributed by atoms with Gasteiger partial charge in [-0.3, -0.25) is 9.59 Å². The predicted octanol–water partition coefficient (Wildman–Crippen LogP) is 16.1. The van der Waals surface area contributed by atoms with E-state index in [0.29, 0.717) is 25.9 Å². The molecule has 0 rings (SSSR count). The molecule has 0 heterocycles. The van der Waals surface area contributed by atoms with E-state index in [1.165, 1.54) is 218 Å². The molecule has 0 aromatic rings. The molecule has 2 atom stereocenters. The number of allylic oxidation sites excluding steroid dienone is 2. The van der Waals surface area contributed by atoms with Crippen LogP contribution in [0.3, 0.4) is 0 Å². The van der Waals surface area contributed by atoms with Crippen LogP contribution in [0.2, 0.25) is 0 Å². The Hall–Kier alpha value is -1.40. The molecule has 0 spiro atoms. The number of ether oxygens (including phenoxy) is 1. The third kappa shape index (κ3) is 46.1. The van der Waals surface area contributed by atoms with E-state index < -0.39 is 12.1 Å². The lowest BCUT2D eigenvalue weighted by atomic mass is 10.0. The van der Waals surface area contributed by atoms with Crippen LogP contribution in [-0.2, 0) is 14.3 Å². The summed E-state index contributed by atoms with van der Waals surface area (Å²) in [5, 5.41) is 23.2. The first-order chi connectivity index (χ1) is 29.5. The van der Waals surface area contributed by atoms with Gasteiger partial charge >= 0.3 is 5.97 Å². The minimum atomic E-state index is -0.663. The second-order valence-corrected chi connectivity index (χ2v) is 18.6. The van der Waals surface area contributed by atoms with Crippen LogP contribution in [0.25, 0.3) is 0 Å². The van der Waals surface area contributed by atoms with Crippen LogP contribution in [0.4, 0.5) is 0 Å². The van der Waals surface area contributed by atoms with Crippen LogP contribution in [0.15, 0.2) is 12.2 Å². The molecule has 6 heteroatoms. The maximum Gasteiger partial charge on any atom is 0.305 e. The van der Waals surface area contributed by atoms with Gasteiger partial charge in [0.05, 0.1) is 25.4 Å². The fourth-order valence-corrected chi connectivity index (χ4v) is 8.39. The molecule has 0 bridgehead atoms. The highest BCUT2D eigenvalue weighted by Gasteiger charge is 2.20. The van der Waals surface area contributed by atoms with Crippen molar-refractivity contribution < 1.29 is 24.5 Å². The molecule has 3 N–H and O–H groups in total. The summed E-state index contributed by atoms with van der Waals surface area (Å²) in [5.41, 5.74) is 0. The zero-order chi connectivity index (χ0) is 43.7. The van der Waals surface area contributed by atoms with E-state index in [1.54, 1.807) is 0 Å². The summed E-state index contributed by atoms with van der Waals surface area (Å²) in [4.78, 5) is 24.4. The normalized spacial score (nSPS) is 12.7. The van der Waals surface area contributed by atoms with Crippen molar-refractivity contribution in [2.45, 2.75) is 309 Å². The van der Waals surface area contributed by atoms with Crippen molar-refractivity contribution >= 4 is 11.9 Å². The van der Waals surface area contributed by atoms with Crippen molar-refractivity contribution in [3.05, 3.63) is 12.2 Å². The molecule has 0 aliphatic carbocycles. The summed E-state index contributed by atoms with van der Waals surface area (Å²) in [6.45, 7) is 4.91. The number of carbonyl (C=O) groups is 2. The first-order valence-corrected chi connectivity index (χ1v) is 26.9. The van der Waals surface area contributed by atoms with Gasteiger partial charge in [0.25, 0.3) is 0 Å². The quantitative estimate of drug-likeness (QED) is 0.0322. The lowest BCUT2D eigenvalue weighted by Crippen LogP contribution is -2.45. The molecule has 0 saturated heterocycles. The van der Waals surface area contributed by atoms with E-state index >= 15 is 0 Å². The Bertz CT molecular complexity index is 893. The number of aliphatic hydroxyl groups is 2. The van der Waals surface area contributed by atoms with E-state index in [1.807, 2.05) is 0 Å². The molecule has 0 saturated carbocycles. The van der Waals surface area contributed by atoms with Crippen LogP contribution in [0.5, 0.6) is 0 Å². The Morgan fingerprint density at radius 3 is 1.23 bits per heavy atom. The number of aliphatic hydroxyl groups excluding tert-OH is 2. The fourth-order valence-electron chi connectivity index (χ4n) is 8.39. The molecule has 60 heavy (non-hydrogen) atoms. The highest BCUT2D eigenvalue weighted by Crippen LogP contribution is 2.17. The van der Waals surface area contributed by atoms with Gasteiger partial charge in [0, 0.05) is 12.8 Å². The second kappa shape index (κ2) is 50.2. The van der Waals surface area contributed by atoms with E-state index in [4.69, 9.17) is 4.74 Å². The van der Waals surface area contributed by atoms with Gasteiger partial charge in [-0.05, 0) is 44.9 Å². The van der Waals surface area contributed by atoms with Gasteiger partial charge in [-0.15, -0.1) is 0 Å². The number of unbranched alkanes of at least 4 members (excludes halogenated alkanes) is 37. The van der Waals surface area contributed by atoms with Crippen molar-refractivity contribution in [2.75, 3.05) is 13.2 Å². The summed E-state index contributed by atoms with van der Waals surface area (Å²) in [6, 6.07) is -0.541. The average Bonchev–Trinajstić information content (AvgIpc) is 3.25. The summed E-state index contributed by atoms with van der Waals surface area (Å²) < 4.78 is 5.45. The molecular formula is C54H105NO5. The SMILES string of the molecule is CCCC/C=C\CCCCCCCC(=O)OCCCCCCCCCCCCCCCCCCCCCCC(=O)NC(CO)C(O)CCCCCCCCCCCCCC. The van der Waals surface area contributed by atoms with Gasteiger partial charge < -0.3 is 20.3 Å². The van der Waals surface area contributed by atoms with Gasteiger partial charge in [-0.1, -0.05) is 251 Å². The molecular weight excluding hydrogens is 743 g/mol. The first kappa shape index (κ1) is 58.6. The summed E-state index contributed by atoms with van der Waals surface area (Å²) in [6.07, 6.45) is 57.6. The summed E-state index contributed by atoms with van der Waals surface area (Å²) >= 11 is 0. The largest absolute Gasteiger partial charge is 0.466 e. The van der Waals surface area contributed by atoms with Crippen molar-refractivity contribution in [2.24, 2.45) is 0 Å². The average molecular weight is 848 g/mol. The molecule has 0 aliphatic rings. The lowest BCUT2D eigenvalue weighted by molar-refractivity contribution is -0.143. The lowest BCUT2D eigenvalue weighted by Gasteiger charge is -2.22. The maximum atomic E-state index is 12.4. The van der Waals surface area contributed by atoms with Crippen molar-refractivity contribution in [1.29, 1.82) is 0 Å². The van der Waals surface area contributed by atoms with Crippen molar-refractivity contribution in [1.82, 2.24) is 5.32 Å². The van der Waals surface area contributed by atoms with Crippen LogP contribution >= 0.6 is 0 Å². The van der Waals surface area contributed by atoms with Crippen molar-refractivity contribution in [3.8, 4) is 0 Å².